The molecule has 0 heterocycles. The van der Waals surface area contributed by atoms with Gasteiger partial charge < -0.3 is 0 Å². The van der Waals surface area contributed by atoms with E-state index in [0.717, 1.165) is 19.1 Å². The van der Waals surface area contributed by atoms with E-state index in [0.29, 0.717) is 0 Å². The van der Waals surface area contributed by atoms with Crippen LogP contribution in [0.25, 0.3) is 0 Å². The second-order valence-electron chi connectivity index (χ2n) is 3.05. The van der Waals surface area contributed by atoms with Gasteiger partial charge in [-0.15, -0.1) is 0 Å². The standard InChI is InChI=1S/C10H5F3INO/c1-5(16)7-2-6(4-15)3-8(14)9(7)10(11,12)13/h2-3H,1H3. The zero-order valence-electron chi connectivity index (χ0n) is 8.02. The fourth-order valence-electron chi connectivity index (χ4n) is 1.24. The number of carbonyl (C=O) groups is 1. The van der Waals surface area contributed by atoms with Gasteiger partial charge in [0.15, 0.2) is 5.78 Å². The van der Waals surface area contributed by atoms with Crippen LogP contribution in [-0.2, 0) is 6.18 Å². The van der Waals surface area contributed by atoms with Crippen molar-refractivity contribution < 1.29 is 18.0 Å². The Balaban J connectivity index is 3.61. The van der Waals surface area contributed by atoms with Gasteiger partial charge in [0.25, 0.3) is 0 Å². The van der Waals surface area contributed by atoms with Crippen LogP contribution in [0.1, 0.15) is 28.4 Å². The number of ketones is 1. The molecule has 6 heteroatoms. The first-order chi connectivity index (χ1) is 7.27. The van der Waals surface area contributed by atoms with Crippen molar-refractivity contribution in [2.45, 2.75) is 13.1 Å². The van der Waals surface area contributed by atoms with Crippen molar-refractivity contribution in [1.82, 2.24) is 0 Å². The maximum atomic E-state index is 12.7. The van der Waals surface area contributed by atoms with Gasteiger partial charge in [-0.1, -0.05) is 0 Å². The predicted molar refractivity (Wildman–Crippen MR) is 58.9 cm³/mol. The number of carbonyl (C=O) groups excluding carboxylic acids is 1. The van der Waals surface area contributed by atoms with E-state index in [1.54, 1.807) is 6.07 Å². The highest BCUT2D eigenvalue weighted by molar-refractivity contribution is 14.1. The summed E-state index contributed by atoms with van der Waals surface area (Å²) in [5.41, 5.74) is -1.39. The van der Waals surface area contributed by atoms with Crippen molar-refractivity contribution in [1.29, 1.82) is 5.26 Å². The van der Waals surface area contributed by atoms with Gasteiger partial charge in [-0.2, -0.15) is 18.4 Å². The van der Waals surface area contributed by atoms with E-state index in [-0.39, 0.29) is 9.13 Å². The Hall–Kier alpha value is -1.10. The monoisotopic (exact) mass is 339 g/mol. The molecule has 16 heavy (non-hydrogen) atoms. The molecular weight excluding hydrogens is 334 g/mol. The van der Waals surface area contributed by atoms with Gasteiger partial charge in [-0.25, -0.2) is 0 Å². The summed E-state index contributed by atoms with van der Waals surface area (Å²) in [6, 6.07) is 3.79. The molecule has 2 nitrogen and oxygen atoms in total. The van der Waals surface area contributed by atoms with E-state index in [4.69, 9.17) is 5.26 Å². The molecule has 0 spiro atoms. The SMILES string of the molecule is CC(=O)c1cc(C#N)cc(I)c1C(F)(F)F. The number of nitrogens with zero attached hydrogens (tertiary/aromatic N) is 1. The molecular formula is C10H5F3INO. The van der Waals surface area contributed by atoms with Crippen LogP contribution in [0.2, 0.25) is 0 Å². The number of halogens is 4. The van der Waals surface area contributed by atoms with Crippen LogP contribution in [0.4, 0.5) is 13.2 Å². The molecule has 84 valence electrons. The lowest BCUT2D eigenvalue weighted by Gasteiger charge is -2.13. The van der Waals surface area contributed by atoms with Gasteiger partial charge in [0.1, 0.15) is 0 Å². The molecule has 0 atom stereocenters. The normalized spacial score (nSPS) is 11.0. The number of nitriles is 1. The van der Waals surface area contributed by atoms with Crippen molar-refractivity contribution >= 4 is 28.4 Å². The fraction of sp³-hybridized carbons (Fsp3) is 0.200. The van der Waals surface area contributed by atoms with Crippen molar-refractivity contribution in [2.75, 3.05) is 0 Å². The smallest absolute Gasteiger partial charge is 0.294 e. The largest absolute Gasteiger partial charge is 0.418 e. The second-order valence-corrected chi connectivity index (χ2v) is 4.21. The minimum Gasteiger partial charge on any atom is -0.294 e. The van der Waals surface area contributed by atoms with Gasteiger partial charge in [0.2, 0.25) is 0 Å². The highest BCUT2D eigenvalue weighted by Crippen LogP contribution is 2.36. The third kappa shape index (κ3) is 2.52. The van der Waals surface area contributed by atoms with Crippen molar-refractivity contribution in [3.8, 4) is 6.07 Å². The molecule has 0 fully saturated rings. The van der Waals surface area contributed by atoms with Crippen LogP contribution in [0.5, 0.6) is 0 Å². The minimum atomic E-state index is -4.59. The first-order valence-corrected chi connectivity index (χ1v) is 5.17. The van der Waals surface area contributed by atoms with E-state index in [2.05, 4.69) is 0 Å². The van der Waals surface area contributed by atoms with Crippen LogP contribution in [0, 0.1) is 14.9 Å². The van der Waals surface area contributed by atoms with Gasteiger partial charge >= 0.3 is 6.18 Å². The first kappa shape index (κ1) is 13.0. The summed E-state index contributed by atoms with van der Waals surface area (Å²) in [5, 5.41) is 8.62. The van der Waals surface area contributed by atoms with Crippen LogP contribution in [0.3, 0.4) is 0 Å². The predicted octanol–water partition coefficient (Wildman–Crippen LogP) is 3.38. The highest BCUT2D eigenvalue weighted by Gasteiger charge is 2.37. The van der Waals surface area contributed by atoms with Crippen LogP contribution in [-0.4, -0.2) is 5.78 Å². The average molecular weight is 339 g/mol. The molecule has 0 unspecified atom stereocenters. The summed E-state index contributed by atoms with van der Waals surface area (Å²) in [7, 11) is 0. The molecule has 0 aliphatic rings. The molecule has 0 N–H and O–H groups in total. The molecule has 0 bridgehead atoms. The van der Waals surface area contributed by atoms with E-state index in [1.807, 2.05) is 0 Å². The number of hydrogen-bond donors (Lipinski definition) is 0. The van der Waals surface area contributed by atoms with Crippen molar-refractivity contribution in [3.63, 3.8) is 0 Å². The second kappa shape index (κ2) is 4.41. The molecule has 0 saturated carbocycles. The maximum absolute atomic E-state index is 12.7. The first-order valence-electron chi connectivity index (χ1n) is 4.09. The van der Waals surface area contributed by atoms with Gasteiger partial charge in [-0.3, -0.25) is 4.79 Å². The number of hydrogen-bond acceptors (Lipinski definition) is 2. The molecule has 1 aromatic carbocycles. The fourth-order valence-corrected chi connectivity index (χ4v) is 2.17. The summed E-state index contributed by atoms with van der Waals surface area (Å²) in [4.78, 5) is 11.1. The molecule has 0 amide bonds. The van der Waals surface area contributed by atoms with Gasteiger partial charge in [-0.05, 0) is 41.6 Å². The Morgan fingerprint density at radius 3 is 2.38 bits per heavy atom. The van der Waals surface area contributed by atoms with Crippen molar-refractivity contribution in [2.24, 2.45) is 0 Å². The van der Waals surface area contributed by atoms with E-state index in [9.17, 15) is 18.0 Å². The Bertz CT molecular complexity index is 488. The van der Waals surface area contributed by atoms with Gasteiger partial charge in [0, 0.05) is 9.13 Å². The molecule has 0 radical (unpaired) electrons. The number of alkyl halides is 3. The summed E-state index contributed by atoms with van der Waals surface area (Å²) in [5.74, 6) is -0.706. The van der Waals surface area contributed by atoms with Crippen molar-refractivity contribution in [3.05, 3.63) is 32.4 Å². The minimum absolute atomic E-state index is 0.0441. The molecule has 0 aliphatic carbocycles. The molecule has 0 aromatic heterocycles. The van der Waals surface area contributed by atoms with Crippen LogP contribution < -0.4 is 0 Å². The topological polar surface area (TPSA) is 40.9 Å². The number of rotatable bonds is 1. The van der Waals surface area contributed by atoms with E-state index >= 15 is 0 Å². The Labute approximate surface area is 103 Å². The molecule has 1 aromatic rings. The lowest BCUT2D eigenvalue weighted by Crippen LogP contribution is -2.14. The van der Waals surface area contributed by atoms with Crippen LogP contribution in [0.15, 0.2) is 12.1 Å². The highest BCUT2D eigenvalue weighted by atomic mass is 127. The summed E-state index contributed by atoms with van der Waals surface area (Å²) in [6.45, 7) is 1.04. The third-order valence-electron chi connectivity index (χ3n) is 1.88. The summed E-state index contributed by atoms with van der Waals surface area (Å²) >= 11 is 1.47. The quantitative estimate of drug-likeness (QED) is 0.581. The van der Waals surface area contributed by atoms with Crippen LogP contribution >= 0.6 is 22.6 Å². The Morgan fingerprint density at radius 1 is 1.44 bits per heavy atom. The maximum Gasteiger partial charge on any atom is 0.418 e. The summed E-state index contributed by atoms with van der Waals surface area (Å²) in [6.07, 6.45) is -4.59. The average Bonchev–Trinajstić information content (AvgIpc) is 2.14. The zero-order chi connectivity index (χ0) is 12.5. The van der Waals surface area contributed by atoms with E-state index in [1.165, 1.54) is 22.6 Å². The lowest BCUT2D eigenvalue weighted by molar-refractivity contribution is -0.138. The Morgan fingerprint density at radius 2 is 2.00 bits per heavy atom. The number of Topliss-reactive ketones (excluding diaryl/α,β-unsaturated/α-hetero) is 1. The lowest BCUT2D eigenvalue weighted by atomic mass is 10.0. The Kier molecular flexibility index (Phi) is 3.57. The molecule has 0 aliphatic heterocycles. The number of benzene rings is 1. The molecule has 0 saturated heterocycles. The zero-order valence-corrected chi connectivity index (χ0v) is 10.2. The molecule has 1 rings (SSSR count). The third-order valence-corrected chi connectivity index (χ3v) is 2.73. The van der Waals surface area contributed by atoms with Gasteiger partial charge in [0.05, 0.1) is 17.2 Å². The van der Waals surface area contributed by atoms with E-state index < -0.39 is 23.1 Å². The summed E-state index contributed by atoms with van der Waals surface area (Å²) < 4.78 is 37.9.